The molecule has 0 amide bonds. The van der Waals surface area contributed by atoms with Gasteiger partial charge in [0.05, 0.1) is 66.1 Å². The lowest BCUT2D eigenvalue weighted by atomic mass is 9.95. The third-order valence-corrected chi connectivity index (χ3v) is 4.44. The predicted molar refractivity (Wildman–Crippen MR) is 108 cm³/mol. The van der Waals surface area contributed by atoms with Crippen molar-refractivity contribution in [2.24, 2.45) is 5.92 Å². The molecule has 0 bridgehead atoms. The Morgan fingerprint density at radius 2 is 1.04 bits per heavy atom. The Morgan fingerprint density at radius 3 is 1.48 bits per heavy atom. The molecule has 0 aliphatic heterocycles. The van der Waals surface area contributed by atoms with E-state index >= 15 is 0 Å². The lowest BCUT2D eigenvalue weighted by Crippen LogP contribution is -2.14. The molecule has 0 spiro atoms. The van der Waals surface area contributed by atoms with Crippen LogP contribution in [0.3, 0.4) is 0 Å². The summed E-state index contributed by atoms with van der Waals surface area (Å²) in [6.07, 6.45) is 9.15. The Labute approximate surface area is 166 Å². The van der Waals surface area contributed by atoms with E-state index < -0.39 is 0 Å². The molecule has 6 heteroatoms. The average Bonchev–Trinajstić information content (AvgIpc) is 2.69. The lowest BCUT2D eigenvalue weighted by molar-refractivity contribution is -0.0139. The van der Waals surface area contributed by atoms with Crippen LogP contribution in [0.25, 0.3) is 0 Å². The van der Waals surface area contributed by atoms with Gasteiger partial charge in [-0.15, -0.1) is 0 Å². The summed E-state index contributed by atoms with van der Waals surface area (Å²) in [5.41, 5.74) is 0. The van der Waals surface area contributed by atoms with Gasteiger partial charge in [-0.2, -0.15) is 0 Å². The summed E-state index contributed by atoms with van der Waals surface area (Å²) in [6, 6.07) is 0. The van der Waals surface area contributed by atoms with Crippen LogP contribution in [-0.2, 0) is 23.7 Å². The zero-order valence-electron chi connectivity index (χ0n) is 17.8. The first-order valence-corrected chi connectivity index (χ1v) is 10.8. The minimum absolute atomic E-state index is 0.0481. The number of aliphatic hydroxyl groups is 1. The normalized spacial score (nSPS) is 12.6. The monoisotopic (exact) mass is 392 g/mol. The zero-order valence-corrected chi connectivity index (χ0v) is 17.8. The van der Waals surface area contributed by atoms with Crippen LogP contribution in [0.2, 0.25) is 0 Å². The van der Waals surface area contributed by atoms with Gasteiger partial charge in [0.2, 0.25) is 0 Å². The molecular weight excluding hydrogens is 348 g/mol. The topological polar surface area (TPSA) is 66.4 Å². The Bertz CT molecular complexity index is 265. The maximum absolute atomic E-state index is 8.54. The second kappa shape index (κ2) is 23.8. The van der Waals surface area contributed by atoms with Gasteiger partial charge in [-0.1, -0.05) is 52.4 Å². The highest BCUT2D eigenvalue weighted by Crippen LogP contribution is 2.17. The van der Waals surface area contributed by atoms with Crippen LogP contribution >= 0.6 is 0 Å². The summed E-state index contributed by atoms with van der Waals surface area (Å²) in [6.45, 7) is 10.3. The first kappa shape index (κ1) is 26.8. The van der Waals surface area contributed by atoms with Gasteiger partial charge in [0.25, 0.3) is 0 Å². The summed E-state index contributed by atoms with van der Waals surface area (Å²) in [5, 5.41) is 8.54. The smallest absolute Gasteiger partial charge is 0.0701 e. The van der Waals surface area contributed by atoms with Crippen molar-refractivity contribution in [3.63, 3.8) is 0 Å². The molecule has 0 rings (SSSR count). The van der Waals surface area contributed by atoms with Gasteiger partial charge in [-0.05, 0) is 12.3 Å². The molecular formula is C21H44O6. The van der Waals surface area contributed by atoms with E-state index in [4.69, 9.17) is 28.8 Å². The maximum Gasteiger partial charge on any atom is 0.0701 e. The molecule has 0 aromatic rings. The molecule has 0 saturated heterocycles. The molecule has 0 aliphatic carbocycles. The molecule has 0 heterocycles. The molecule has 0 fully saturated rings. The molecule has 6 nitrogen and oxygen atoms in total. The number of ether oxygens (including phenoxy) is 5. The Kier molecular flexibility index (Phi) is 23.6. The minimum atomic E-state index is 0.0481. The van der Waals surface area contributed by atoms with E-state index in [2.05, 4.69) is 13.8 Å². The molecule has 0 radical (unpaired) electrons. The van der Waals surface area contributed by atoms with Crippen LogP contribution in [0.15, 0.2) is 0 Å². The van der Waals surface area contributed by atoms with Crippen molar-refractivity contribution < 1.29 is 28.8 Å². The second-order valence-corrected chi connectivity index (χ2v) is 6.70. The summed E-state index contributed by atoms with van der Waals surface area (Å²) in [7, 11) is 0. The van der Waals surface area contributed by atoms with Crippen molar-refractivity contribution in [1.82, 2.24) is 0 Å². The van der Waals surface area contributed by atoms with Crippen LogP contribution < -0.4 is 0 Å². The average molecular weight is 393 g/mol. The van der Waals surface area contributed by atoms with Gasteiger partial charge in [0.15, 0.2) is 0 Å². The summed E-state index contributed by atoms with van der Waals surface area (Å²) in [5.74, 6) is 0.805. The van der Waals surface area contributed by atoms with E-state index in [1.165, 1.54) is 38.5 Å². The van der Waals surface area contributed by atoms with Gasteiger partial charge in [0.1, 0.15) is 0 Å². The summed E-state index contributed by atoms with van der Waals surface area (Å²) < 4.78 is 27.0. The lowest BCUT2D eigenvalue weighted by Gasteiger charge is -2.14. The third-order valence-electron chi connectivity index (χ3n) is 4.44. The first-order valence-electron chi connectivity index (χ1n) is 10.8. The van der Waals surface area contributed by atoms with Crippen LogP contribution in [0.1, 0.15) is 58.8 Å². The molecule has 164 valence electrons. The summed E-state index contributed by atoms with van der Waals surface area (Å²) in [4.78, 5) is 0. The maximum atomic E-state index is 8.54. The standard InChI is InChI=1S/C21H44O6/c1-3-5-6-7-8-21(4-2)9-11-23-13-15-25-17-19-27-20-18-26-16-14-24-12-10-22/h21-22H,3-20H2,1-2H3. The van der Waals surface area contributed by atoms with Crippen molar-refractivity contribution in [2.45, 2.75) is 58.8 Å². The molecule has 1 atom stereocenters. The van der Waals surface area contributed by atoms with Crippen LogP contribution in [0, 0.1) is 5.92 Å². The third kappa shape index (κ3) is 21.9. The molecule has 0 aromatic carbocycles. The van der Waals surface area contributed by atoms with Crippen LogP contribution in [0.5, 0.6) is 0 Å². The minimum Gasteiger partial charge on any atom is -0.394 e. The van der Waals surface area contributed by atoms with Crippen molar-refractivity contribution >= 4 is 0 Å². The number of rotatable bonds is 23. The quantitative estimate of drug-likeness (QED) is 0.269. The van der Waals surface area contributed by atoms with Gasteiger partial charge in [0, 0.05) is 6.61 Å². The molecule has 27 heavy (non-hydrogen) atoms. The van der Waals surface area contributed by atoms with Crippen molar-refractivity contribution in [2.75, 3.05) is 72.7 Å². The molecule has 0 saturated carbocycles. The van der Waals surface area contributed by atoms with Crippen LogP contribution in [0.4, 0.5) is 0 Å². The molecule has 1 unspecified atom stereocenters. The van der Waals surface area contributed by atoms with Crippen LogP contribution in [-0.4, -0.2) is 77.8 Å². The van der Waals surface area contributed by atoms with Gasteiger partial charge in [-0.3, -0.25) is 0 Å². The number of hydrogen-bond acceptors (Lipinski definition) is 6. The van der Waals surface area contributed by atoms with Crippen molar-refractivity contribution in [3.05, 3.63) is 0 Å². The van der Waals surface area contributed by atoms with E-state index in [9.17, 15) is 0 Å². The number of hydrogen-bond donors (Lipinski definition) is 1. The van der Waals surface area contributed by atoms with E-state index in [-0.39, 0.29) is 6.61 Å². The Balaban J connectivity index is 3.17. The SMILES string of the molecule is CCCCCCC(CC)CCOCCOCCOCCOCCOCCO. The van der Waals surface area contributed by atoms with Crippen molar-refractivity contribution in [1.29, 1.82) is 0 Å². The zero-order chi connectivity index (χ0) is 19.8. The van der Waals surface area contributed by atoms with Crippen molar-refractivity contribution in [3.8, 4) is 0 Å². The Morgan fingerprint density at radius 1 is 0.556 bits per heavy atom. The molecule has 1 N–H and O–H groups in total. The Hall–Kier alpha value is -0.240. The first-order chi connectivity index (χ1) is 13.3. The predicted octanol–water partition coefficient (Wildman–Crippen LogP) is 3.45. The van der Waals surface area contributed by atoms with E-state index in [1.807, 2.05) is 0 Å². The number of unbranched alkanes of at least 4 members (excludes halogenated alkanes) is 3. The van der Waals surface area contributed by atoms with Gasteiger partial charge in [-0.25, -0.2) is 0 Å². The largest absolute Gasteiger partial charge is 0.394 e. The highest BCUT2D eigenvalue weighted by atomic mass is 16.6. The highest BCUT2D eigenvalue weighted by molar-refractivity contribution is 4.57. The molecule has 0 aromatic heterocycles. The molecule has 0 aliphatic rings. The van der Waals surface area contributed by atoms with E-state index in [1.54, 1.807) is 0 Å². The second-order valence-electron chi connectivity index (χ2n) is 6.70. The fourth-order valence-electron chi connectivity index (χ4n) is 2.71. The fraction of sp³-hybridized carbons (Fsp3) is 1.00. The van der Waals surface area contributed by atoms with E-state index in [0.29, 0.717) is 59.5 Å². The summed E-state index contributed by atoms with van der Waals surface area (Å²) >= 11 is 0. The number of aliphatic hydroxyl groups excluding tert-OH is 1. The fourth-order valence-corrected chi connectivity index (χ4v) is 2.71. The van der Waals surface area contributed by atoms with Gasteiger partial charge >= 0.3 is 0 Å². The van der Waals surface area contributed by atoms with E-state index in [0.717, 1.165) is 18.9 Å². The van der Waals surface area contributed by atoms with Gasteiger partial charge < -0.3 is 28.8 Å². The highest BCUT2D eigenvalue weighted by Gasteiger charge is 2.05.